The fraction of sp³-hybridized carbons (Fsp3) is 0.462. The maximum atomic E-state index is 4.21. The van der Waals surface area contributed by atoms with Gasteiger partial charge in [-0.2, -0.15) is 4.80 Å². The molecule has 2 aromatic rings. The molecule has 1 unspecified atom stereocenters. The molecule has 0 aliphatic rings. The number of nitrogens with zero attached hydrogens (tertiary/aromatic N) is 4. The Morgan fingerprint density at radius 3 is 2.50 bits per heavy atom. The van der Waals surface area contributed by atoms with E-state index in [0.29, 0.717) is 6.04 Å². The topological polar surface area (TPSA) is 55.6 Å². The summed E-state index contributed by atoms with van der Waals surface area (Å²) in [6.45, 7) is 2.10. The molecule has 1 aromatic carbocycles. The molecule has 0 fully saturated rings. The van der Waals surface area contributed by atoms with Crippen LogP contribution in [0.15, 0.2) is 24.3 Å². The molecule has 0 spiro atoms. The molecule has 0 aliphatic heterocycles. The van der Waals surface area contributed by atoms with Gasteiger partial charge >= 0.3 is 0 Å². The molecule has 1 aromatic heterocycles. The second-order valence-electron chi connectivity index (χ2n) is 4.57. The minimum atomic E-state index is 0.330. The fourth-order valence-corrected chi connectivity index (χ4v) is 1.91. The summed E-state index contributed by atoms with van der Waals surface area (Å²) in [7, 11) is 3.75. The van der Waals surface area contributed by atoms with Crippen LogP contribution in [-0.2, 0) is 19.9 Å². The van der Waals surface area contributed by atoms with Crippen LogP contribution >= 0.6 is 0 Å². The van der Waals surface area contributed by atoms with Crippen molar-refractivity contribution in [3.63, 3.8) is 0 Å². The highest BCUT2D eigenvalue weighted by Gasteiger charge is 2.11. The van der Waals surface area contributed by atoms with Crippen molar-refractivity contribution in [3.05, 3.63) is 41.2 Å². The highest BCUT2D eigenvalue weighted by atomic mass is 15.6. The standard InChI is InChI=1S/C13H19N5/c1-10-4-6-11(7-5-10)8-12(14-2)9-13-15-17-18(3)16-13/h4-7,12,14H,8-9H2,1-3H3. The van der Waals surface area contributed by atoms with Gasteiger partial charge in [-0.1, -0.05) is 29.8 Å². The van der Waals surface area contributed by atoms with E-state index < -0.39 is 0 Å². The Hall–Kier alpha value is -1.75. The summed E-state index contributed by atoms with van der Waals surface area (Å²) >= 11 is 0. The molecule has 1 N–H and O–H groups in total. The van der Waals surface area contributed by atoms with Crippen LogP contribution in [0.2, 0.25) is 0 Å². The quantitative estimate of drug-likeness (QED) is 0.850. The predicted octanol–water partition coefficient (Wildman–Crippen LogP) is 0.892. The Balaban J connectivity index is 1.99. The first kappa shape index (κ1) is 12.7. The van der Waals surface area contributed by atoms with E-state index in [0.717, 1.165) is 18.7 Å². The number of aromatic nitrogens is 4. The van der Waals surface area contributed by atoms with Gasteiger partial charge in [-0.25, -0.2) is 0 Å². The SMILES string of the molecule is CNC(Cc1ccc(C)cc1)Cc1nnn(C)n1. The van der Waals surface area contributed by atoms with Gasteiger partial charge in [-0.15, -0.1) is 10.2 Å². The minimum absolute atomic E-state index is 0.330. The van der Waals surface area contributed by atoms with Crippen molar-refractivity contribution in [2.75, 3.05) is 7.05 Å². The molecule has 1 atom stereocenters. The van der Waals surface area contributed by atoms with Crippen LogP contribution in [0.4, 0.5) is 0 Å². The summed E-state index contributed by atoms with van der Waals surface area (Å²) in [4.78, 5) is 1.49. The van der Waals surface area contributed by atoms with Crippen molar-refractivity contribution in [1.29, 1.82) is 0 Å². The maximum absolute atomic E-state index is 4.21. The molecule has 18 heavy (non-hydrogen) atoms. The Labute approximate surface area is 107 Å². The van der Waals surface area contributed by atoms with Crippen LogP contribution in [0, 0.1) is 6.92 Å². The number of nitrogens with one attached hydrogen (secondary N) is 1. The Morgan fingerprint density at radius 1 is 1.22 bits per heavy atom. The van der Waals surface area contributed by atoms with Crippen molar-refractivity contribution < 1.29 is 0 Å². The van der Waals surface area contributed by atoms with Crippen LogP contribution in [0.1, 0.15) is 17.0 Å². The third-order valence-corrected chi connectivity index (χ3v) is 2.99. The van der Waals surface area contributed by atoms with E-state index in [1.807, 2.05) is 7.05 Å². The molecule has 0 aliphatic carbocycles. The maximum Gasteiger partial charge on any atom is 0.176 e. The van der Waals surface area contributed by atoms with Gasteiger partial charge in [-0.3, -0.25) is 0 Å². The third-order valence-electron chi connectivity index (χ3n) is 2.99. The lowest BCUT2D eigenvalue weighted by Gasteiger charge is -2.14. The lowest BCUT2D eigenvalue weighted by atomic mass is 10.0. The lowest BCUT2D eigenvalue weighted by molar-refractivity contribution is 0.540. The number of benzene rings is 1. The van der Waals surface area contributed by atoms with Crippen LogP contribution in [-0.4, -0.2) is 33.3 Å². The molecule has 0 radical (unpaired) electrons. The van der Waals surface area contributed by atoms with Crippen LogP contribution in [0.25, 0.3) is 0 Å². The van der Waals surface area contributed by atoms with Crippen LogP contribution in [0.5, 0.6) is 0 Å². The molecule has 2 rings (SSSR count). The van der Waals surface area contributed by atoms with E-state index in [9.17, 15) is 0 Å². The summed E-state index contributed by atoms with van der Waals surface area (Å²) in [5.41, 5.74) is 2.61. The molecule has 0 saturated carbocycles. The highest BCUT2D eigenvalue weighted by molar-refractivity contribution is 5.22. The van der Waals surface area contributed by atoms with E-state index in [1.165, 1.54) is 15.9 Å². The number of hydrogen-bond donors (Lipinski definition) is 1. The van der Waals surface area contributed by atoms with Gasteiger partial charge in [0.2, 0.25) is 0 Å². The Bertz CT molecular complexity index is 488. The second-order valence-corrected chi connectivity index (χ2v) is 4.57. The predicted molar refractivity (Wildman–Crippen MR) is 70.2 cm³/mol. The third kappa shape index (κ3) is 3.37. The summed E-state index contributed by atoms with van der Waals surface area (Å²) in [5, 5.41) is 15.4. The number of hydrogen-bond acceptors (Lipinski definition) is 4. The van der Waals surface area contributed by atoms with E-state index in [4.69, 9.17) is 0 Å². The van der Waals surface area contributed by atoms with Crippen molar-refractivity contribution in [2.45, 2.75) is 25.8 Å². The first-order valence-electron chi connectivity index (χ1n) is 6.13. The van der Waals surface area contributed by atoms with Gasteiger partial charge in [0.25, 0.3) is 0 Å². The average molecular weight is 245 g/mol. The summed E-state index contributed by atoms with van der Waals surface area (Å²) < 4.78 is 0. The summed E-state index contributed by atoms with van der Waals surface area (Å²) in [6, 6.07) is 8.95. The Morgan fingerprint density at radius 2 is 1.94 bits per heavy atom. The zero-order valence-electron chi connectivity index (χ0n) is 11.1. The smallest absolute Gasteiger partial charge is 0.176 e. The van der Waals surface area contributed by atoms with Crippen LogP contribution in [0.3, 0.4) is 0 Å². The normalized spacial score (nSPS) is 12.6. The molecule has 5 nitrogen and oxygen atoms in total. The van der Waals surface area contributed by atoms with E-state index >= 15 is 0 Å². The molecular formula is C13H19N5. The first-order valence-corrected chi connectivity index (χ1v) is 6.13. The summed E-state index contributed by atoms with van der Waals surface area (Å²) in [5.74, 6) is 0.781. The van der Waals surface area contributed by atoms with Gasteiger partial charge in [0.15, 0.2) is 5.82 Å². The molecule has 96 valence electrons. The average Bonchev–Trinajstić information content (AvgIpc) is 2.77. The van der Waals surface area contributed by atoms with Crippen molar-refractivity contribution in [1.82, 2.24) is 25.5 Å². The molecule has 1 heterocycles. The van der Waals surface area contributed by atoms with E-state index in [2.05, 4.69) is 51.9 Å². The largest absolute Gasteiger partial charge is 0.316 e. The van der Waals surface area contributed by atoms with Crippen molar-refractivity contribution in [2.24, 2.45) is 7.05 Å². The molecule has 0 saturated heterocycles. The highest BCUT2D eigenvalue weighted by Crippen LogP contribution is 2.08. The molecule has 0 bridgehead atoms. The lowest BCUT2D eigenvalue weighted by Crippen LogP contribution is -2.30. The summed E-state index contributed by atoms with van der Waals surface area (Å²) in [6.07, 6.45) is 1.76. The van der Waals surface area contributed by atoms with Gasteiger partial charge < -0.3 is 5.32 Å². The van der Waals surface area contributed by atoms with Gasteiger partial charge in [-0.05, 0) is 31.2 Å². The zero-order chi connectivity index (χ0) is 13.0. The van der Waals surface area contributed by atoms with Crippen molar-refractivity contribution in [3.8, 4) is 0 Å². The number of rotatable bonds is 5. The fourth-order valence-electron chi connectivity index (χ4n) is 1.91. The van der Waals surface area contributed by atoms with E-state index in [-0.39, 0.29) is 0 Å². The molecule has 5 heteroatoms. The minimum Gasteiger partial charge on any atom is -0.316 e. The molecule has 0 amide bonds. The monoisotopic (exact) mass is 245 g/mol. The van der Waals surface area contributed by atoms with Crippen molar-refractivity contribution >= 4 is 0 Å². The zero-order valence-corrected chi connectivity index (χ0v) is 11.1. The van der Waals surface area contributed by atoms with Crippen LogP contribution < -0.4 is 5.32 Å². The van der Waals surface area contributed by atoms with Gasteiger partial charge in [0, 0.05) is 12.5 Å². The molecular weight excluding hydrogens is 226 g/mol. The van der Waals surface area contributed by atoms with E-state index in [1.54, 1.807) is 7.05 Å². The first-order chi connectivity index (χ1) is 8.67. The number of likely N-dealkylation sites (N-methyl/N-ethyl adjacent to an activating group) is 1. The second kappa shape index (κ2) is 5.73. The van der Waals surface area contributed by atoms with Gasteiger partial charge in [0.1, 0.15) is 0 Å². The Kier molecular flexibility index (Phi) is 4.04. The number of tetrazole rings is 1. The van der Waals surface area contributed by atoms with Gasteiger partial charge in [0.05, 0.1) is 7.05 Å². The number of aryl methyl sites for hydroxylation is 2.